The first-order valence-corrected chi connectivity index (χ1v) is 11.9. The lowest BCUT2D eigenvalue weighted by Gasteiger charge is -2.32. The van der Waals surface area contributed by atoms with Crippen LogP contribution in [0.2, 0.25) is 0 Å². The zero-order chi connectivity index (χ0) is 18.7. The summed E-state index contributed by atoms with van der Waals surface area (Å²) < 4.78 is 34.7. The van der Waals surface area contributed by atoms with Gasteiger partial charge in [0.25, 0.3) is 5.22 Å². The molecule has 0 bridgehead atoms. The van der Waals surface area contributed by atoms with Gasteiger partial charge in [-0.15, -0.1) is 10.2 Å². The van der Waals surface area contributed by atoms with Crippen molar-refractivity contribution in [2.75, 3.05) is 37.0 Å². The average Bonchev–Trinajstić information content (AvgIpc) is 3.27. The van der Waals surface area contributed by atoms with Crippen LogP contribution in [-0.4, -0.2) is 66.6 Å². The van der Waals surface area contributed by atoms with Crippen LogP contribution in [0.25, 0.3) is 0 Å². The third-order valence-corrected chi connectivity index (χ3v) is 7.59. The summed E-state index contributed by atoms with van der Waals surface area (Å²) >= 11 is 1.47. The SMILES string of the molecule is O=S1(=O)CC[C@@H](c2nnc(SC[C@H]3CN(Cc4ccccc4)CCO3)o2)C1. The van der Waals surface area contributed by atoms with Gasteiger partial charge in [-0.25, -0.2) is 8.42 Å². The van der Waals surface area contributed by atoms with Gasteiger partial charge in [0.15, 0.2) is 9.84 Å². The van der Waals surface area contributed by atoms with Crippen molar-refractivity contribution in [2.45, 2.75) is 30.2 Å². The van der Waals surface area contributed by atoms with E-state index in [9.17, 15) is 8.42 Å². The lowest BCUT2D eigenvalue weighted by molar-refractivity contribution is -0.0188. The molecule has 0 spiro atoms. The van der Waals surface area contributed by atoms with Crippen molar-refractivity contribution in [1.29, 1.82) is 0 Å². The van der Waals surface area contributed by atoms with E-state index in [2.05, 4.69) is 39.4 Å². The molecule has 2 aromatic rings. The smallest absolute Gasteiger partial charge is 0.276 e. The van der Waals surface area contributed by atoms with Gasteiger partial charge in [-0.05, 0) is 12.0 Å². The number of hydrogen-bond donors (Lipinski definition) is 0. The molecule has 7 nitrogen and oxygen atoms in total. The van der Waals surface area contributed by atoms with Gasteiger partial charge in [-0.2, -0.15) is 0 Å². The number of ether oxygens (including phenoxy) is 1. The summed E-state index contributed by atoms with van der Waals surface area (Å²) in [6, 6.07) is 10.4. The molecule has 146 valence electrons. The predicted octanol–water partition coefficient (Wildman–Crippen LogP) is 1.96. The third-order valence-electron chi connectivity index (χ3n) is 4.87. The fraction of sp³-hybridized carbons (Fsp3) is 0.556. The Morgan fingerprint density at radius 2 is 2.07 bits per heavy atom. The molecule has 1 aromatic carbocycles. The molecule has 2 fully saturated rings. The van der Waals surface area contributed by atoms with Crippen LogP contribution >= 0.6 is 11.8 Å². The molecule has 0 aliphatic carbocycles. The number of morpholine rings is 1. The molecule has 2 saturated heterocycles. The lowest BCUT2D eigenvalue weighted by atomic mass is 10.1. The number of nitrogens with zero attached hydrogens (tertiary/aromatic N) is 3. The topological polar surface area (TPSA) is 85.5 Å². The van der Waals surface area contributed by atoms with Gasteiger partial charge in [0.2, 0.25) is 5.89 Å². The molecule has 4 rings (SSSR count). The maximum absolute atomic E-state index is 11.6. The fourth-order valence-corrected chi connectivity index (χ4v) is 5.97. The van der Waals surface area contributed by atoms with Gasteiger partial charge in [0.1, 0.15) is 0 Å². The van der Waals surface area contributed by atoms with Gasteiger partial charge in [-0.3, -0.25) is 4.90 Å². The van der Waals surface area contributed by atoms with Crippen LogP contribution in [0, 0.1) is 0 Å². The van der Waals surface area contributed by atoms with Gasteiger partial charge < -0.3 is 9.15 Å². The summed E-state index contributed by atoms with van der Waals surface area (Å²) in [5, 5.41) is 8.59. The Balaban J connectivity index is 1.27. The monoisotopic (exact) mass is 409 g/mol. The molecule has 27 heavy (non-hydrogen) atoms. The number of thioether (sulfide) groups is 1. The molecular weight excluding hydrogens is 386 g/mol. The Kier molecular flexibility index (Phi) is 5.82. The highest BCUT2D eigenvalue weighted by atomic mass is 32.2. The largest absolute Gasteiger partial charge is 0.416 e. The van der Waals surface area contributed by atoms with Crippen molar-refractivity contribution in [1.82, 2.24) is 15.1 Å². The first-order chi connectivity index (χ1) is 13.1. The molecule has 0 radical (unpaired) electrons. The van der Waals surface area contributed by atoms with Crippen LogP contribution in [0.1, 0.15) is 23.8 Å². The zero-order valence-corrected chi connectivity index (χ0v) is 16.6. The summed E-state index contributed by atoms with van der Waals surface area (Å²) in [6.07, 6.45) is 0.670. The second-order valence-corrected chi connectivity index (χ2v) is 10.2. The second kappa shape index (κ2) is 8.30. The number of hydrogen-bond acceptors (Lipinski definition) is 8. The molecule has 0 amide bonds. The average molecular weight is 410 g/mol. The summed E-state index contributed by atoms with van der Waals surface area (Å²) in [5.74, 6) is 1.32. The van der Waals surface area contributed by atoms with E-state index in [1.165, 1.54) is 17.3 Å². The van der Waals surface area contributed by atoms with Crippen molar-refractivity contribution < 1.29 is 17.6 Å². The standard InChI is InChI=1S/C18H23N3O4S2/c22-27(23)9-6-15(13-27)17-19-20-18(25-17)26-12-16-11-21(7-8-24-16)10-14-4-2-1-3-5-14/h1-5,15-16H,6-13H2/t15-,16-/m1/s1. The Morgan fingerprint density at radius 3 is 2.85 bits per heavy atom. The molecule has 1 aromatic heterocycles. The van der Waals surface area contributed by atoms with Crippen LogP contribution in [0.3, 0.4) is 0 Å². The molecule has 9 heteroatoms. The number of rotatable bonds is 6. The lowest BCUT2D eigenvalue weighted by Crippen LogP contribution is -2.43. The van der Waals surface area contributed by atoms with Gasteiger partial charge >= 0.3 is 0 Å². The summed E-state index contributed by atoms with van der Waals surface area (Å²) in [4.78, 5) is 2.40. The van der Waals surface area contributed by atoms with E-state index in [1.807, 2.05) is 6.07 Å². The summed E-state index contributed by atoms with van der Waals surface area (Å²) in [7, 11) is -2.96. The Labute approximate surface area is 163 Å². The minimum absolute atomic E-state index is 0.106. The van der Waals surface area contributed by atoms with Crippen LogP contribution in [0.5, 0.6) is 0 Å². The minimum atomic E-state index is -2.96. The molecule has 2 aliphatic rings. The van der Waals surface area contributed by atoms with Crippen molar-refractivity contribution >= 4 is 21.6 Å². The predicted molar refractivity (Wildman–Crippen MR) is 102 cm³/mol. The van der Waals surface area contributed by atoms with E-state index in [0.717, 1.165) is 25.4 Å². The quantitative estimate of drug-likeness (QED) is 0.670. The zero-order valence-electron chi connectivity index (χ0n) is 15.0. The normalized spacial score (nSPS) is 25.6. The Morgan fingerprint density at radius 1 is 1.22 bits per heavy atom. The van der Waals surface area contributed by atoms with E-state index >= 15 is 0 Å². The van der Waals surface area contributed by atoms with E-state index in [4.69, 9.17) is 9.15 Å². The van der Waals surface area contributed by atoms with Gasteiger partial charge in [-0.1, -0.05) is 42.1 Å². The highest BCUT2D eigenvalue weighted by molar-refractivity contribution is 7.99. The molecule has 2 atom stereocenters. The van der Waals surface area contributed by atoms with Crippen LogP contribution in [-0.2, 0) is 21.1 Å². The van der Waals surface area contributed by atoms with Crippen LogP contribution in [0.15, 0.2) is 40.0 Å². The van der Waals surface area contributed by atoms with Gasteiger partial charge in [0, 0.05) is 25.4 Å². The highest BCUT2D eigenvalue weighted by Crippen LogP contribution is 2.30. The van der Waals surface area contributed by atoms with E-state index in [1.54, 1.807) is 0 Å². The van der Waals surface area contributed by atoms with Crippen LogP contribution < -0.4 is 0 Å². The second-order valence-electron chi connectivity index (χ2n) is 7.03. The van der Waals surface area contributed by atoms with Crippen molar-refractivity contribution in [3.05, 3.63) is 41.8 Å². The minimum Gasteiger partial charge on any atom is -0.416 e. The fourth-order valence-electron chi connectivity index (χ4n) is 3.46. The highest BCUT2D eigenvalue weighted by Gasteiger charge is 2.33. The molecule has 0 unspecified atom stereocenters. The number of benzene rings is 1. The molecule has 3 heterocycles. The first kappa shape index (κ1) is 18.9. The third kappa shape index (κ3) is 5.10. The van der Waals surface area contributed by atoms with Crippen molar-refractivity contribution in [3.8, 4) is 0 Å². The van der Waals surface area contributed by atoms with Crippen LogP contribution in [0.4, 0.5) is 0 Å². The molecule has 2 aliphatic heterocycles. The van der Waals surface area contributed by atoms with Crippen molar-refractivity contribution in [2.24, 2.45) is 0 Å². The first-order valence-electron chi connectivity index (χ1n) is 9.12. The molecule has 0 N–H and O–H groups in total. The molecule has 0 saturated carbocycles. The maximum Gasteiger partial charge on any atom is 0.276 e. The number of sulfone groups is 1. The number of aromatic nitrogens is 2. The Hall–Kier alpha value is -1.42. The van der Waals surface area contributed by atoms with E-state index in [-0.39, 0.29) is 23.5 Å². The Bertz CT molecular complexity index is 857. The molecular formula is C18H23N3O4S2. The summed E-state index contributed by atoms with van der Waals surface area (Å²) in [6.45, 7) is 3.43. The van der Waals surface area contributed by atoms with E-state index < -0.39 is 9.84 Å². The summed E-state index contributed by atoms with van der Waals surface area (Å²) in [5.41, 5.74) is 1.30. The van der Waals surface area contributed by atoms with E-state index in [0.29, 0.717) is 24.1 Å². The van der Waals surface area contributed by atoms with Gasteiger partial charge in [0.05, 0.1) is 30.1 Å². The van der Waals surface area contributed by atoms with Crippen molar-refractivity contribution in [3.63, 3.8) is 0 Å². The maximum atomic E-state index is 11.6.